The van der Waals surface area contributed by atoms with E-state index in [2.05, 4.69) is 5.32 Å². The van der Waals surface area contributed by atoms with Gasteiger partial charge in [-0.15, -0.1) is 0 Å². The predicted molar refractivity (Wildman–Crippen MR) is 57.7 cm³/mol. The number of ether oxygens (including phenoxy) is 2. The van der Waals surface area contributed by atoms with E-state index in [1.54, 1.807) is 31.4 Å². The maximum atomic E-state index is 11.2. The van der Waals surface area contributed by atoms with Gasteiger partial charge in [-0.3, -0.25) is 5.32 Å². The lowest BCUT2D eigenvalue weighted by Gasteiger charge is -2.06. The Morgan fingerprint density at radius 2 is 2.00 bits per heavy atom. The highest BCUT2D eigenvalue weighted by atomic mass is 16.6. The Morgan fingerprint density at radius 1 is 1.33 bits per heavy atom. The SMILES string of the molecule is COCCOC(=O)Nc1ccc(N)cc1. The first-order valence-corrected chi connectivity index (χ1v) is 4.50. The molecule has 0 saturated carbocycles. The number of methoxy groups -OCH3 is 1. The molecule has 1 amide bonds. The average Bonchev–Trinajstić information content (AvgIpc) is 2.22. The molecule has 0 heterocycles. The summed E-state index contributed by atoms with van der Waals surface area (Å²) >= 11 is 0. The second-order valence-electron chi connectivity index (χ2n) is 2.88. The van der Waals surface area contributed by atoms with Crippen molar-refractivity contribution in [3.05, 3.63) is 24.3 Å². The molecule has 0 saturated heterocycles. The van der Waals surface area contributed by atoms with E-state index < -0.39 is 6.09 Å². The van der Waals surface area contributed by atoms with Crippen LogP contribution in [0.5, 0.6) is 0 Å². The molecule has 0 bridgehead atoms. The molecule has 0 aliphatic carbocycles. The van der Waals surface area contributed by atoms with E-state index in [-0.39, 0.29) is 6.61 Å². The summed E-state index contributed by atoms with van der Waals surface area (Å²) in [5.41, 5.74) is 6.79. The Morgan fingerprint density at radius 3 is 2.60 bits per heavy atom. The topological polar surface area (TPSA) is 73.6 Å². The summed E-state index contributed by atoms with van der Waals surface area (Å²) in [5, 5.41) is 2.56. The number of hydrogen-bond donors (Lipinski definition) is 2. The minimum Gasteiger partial charge on any atom is -0.447 e. The highest BCUT2D eigenvalue weighted by Gasteiger charge is 2.01. The Balaban J connectivity index is 2.34. The van der Waals surface area contributed by atoms with Crippen LogP contribution in [0.15, 0.2) is 24.3 Å². The third-order valence-electron chi connectivity index (χ3n) is 1.68. The number of carbonyl (C=O) groups is 1. The van der Waals surface area contributed by atoms with Gasteiger partial charge in [0.25, 0.3) is 0 Å². The van der Waals surface area contributed by atoms with Gasteiger partial charge in [0.1, 0.15) is 6.61 Å². The molecule has 0 aromatic heterocycles. The normalized spacial score (nSPS) is 9.67. The van der Waals surface area contributed by atoms with Gasteiger partial charge in [-0.05, 0) is 24.3 Å². The molecule has 15 heavy (non-hydrogen) atoms. The fourth-order valence-corrected chi connectivity index (χ4v) is 0.938. The van der Waals surface area contributed by atoms with Gasteiger partial charge < -0.3 is 15.2 Å². The largest absolute Gasteiger partial charge is 0.447 e. The molecule has 5 heteroatoms. The molecular weight excluding hydrogens is 196 g/mol. The summed E-state index contributed by atoms with van der Waals surface area (Å²) in [6.07, 6.45) is -0.503. The molecule has 0 unspecified atom stereocenters. The molecule has 0 radical (unpaired) electrons. The summed E-state index contributed by atoms with van der Waals surface area (Å²) in [6.45, 7) is 0.618. The van der Waals surface area contributed by atoms with Gasteiger partial charge in [0.2, 0.25) is 0 Å². The van der Waals surface area contributed by atoms with Crippen LogP contribution in [-0.4, -0.2) is 26.4 Å². The van der Waals surface area contributed by atoms with Gasteiger partial charge in [-0.2, -0.15) is 0 Å². The maximum absolute atomic E-state index is 11.2. The van der Waals surface area contributed by atoms with Gasteiger partial charge in [0.15, 0.2) is 0 Å². The second-order valence-corrected chi connectivity index (χ2v) is 2.88. The van der Waals surface area contributed by atoms with Gasteiger partial charge in [-0.1, -0.05) is 0 Å². The van der Waals surface area contributed by atoms with E-state index >= 15 is 0 Å². The molecule has 0 aliphatic rings. The number of rotatable bonds is 4. The molecule has 5 nitrogen and oxygen atoms in total. The van der Waals surface area contributed by atoms with Crippen molar-refractivity contribution in [1.82, 2.24) is 0 Å². The van der Waals surface area contributed by atoms with Gasteiger partial charge in [-0.25, -0.2) is 4.79 Å². The molecule has 1 aromatic carbocycles. The number of hydrogen-bond acceptors (Lipinski definition) is 4. The maximum Gasteiger partial charge on any atom is 0.411 e. The van der Waals surface area contributed by atoms with Crippen LogP contribution in [0.1, 0.15) is 0 Å². The fourth-order valence-electron chi connectivity index (χ4n) is 0.938. The van der Waals surface area contributed by atoms with Crippen molar-refractivity contribution >= 4 is 17.5 Å². The number of nitrogen functional groups attached to an aromatic ring is 1. The summed E-state index contributed by atoms with van der Waals surface area (Å²) in [5.74, 6) is 0. The lowest BCUT2D eigenvalue weighted by atomic mass is 10.3. The van der Waals surface area contributed by atoms with Crippen molar-refractivity contribution in [3.8, 4) is 0 Å². The van der Waals surface area contributed by atoms with Crippen LogP contribution in [0.25, 0.3) is 0 Å². The monoisotopic (exact) mass is 210 g/mol. The van der Waals surface area contributed by atoms with Gasteiger partial charge in [0, 0.05) is 18.5 Å². The summed E-state index contributed by atoms with van der Waals surface area (Å²) in [6, 6.07) is 6.80. The molecule has 3 N–H and O–H groups in total. The highest BCUT2D eigenvalue weighted by molar-refractivity contribution is 5.84. The fraction of sp³-hybridized carbons (Fsp3) is 0.300. The van der Waals surface area contributed by atoms with Gasteiger partial charge in [0.05, 0.1) is 6.61 Å². The Kier molecular flexibility index (Phi) is 4.43. The number of nitrogens with two attached hydrogens (primary N) is 1. The molecule has 1 rings (SSSR count). The van der Waals surface area contributed by atoms with E-state index in [1.165, 1.54) is 0 Å². The molecule has 82 valence electrons. The Labute approximate surface area is 88.2 Å². The van der Waals surface area contributed by atoms with E-state index in [4.69, 9.17) is 15.2 Å². The van der Waals surface area contributed by atoms with Crippen molar-refractivity contribution in [3.63, 3.8) is 0 Å². The molecular formula is C10H14N2O3. The zero-order chi connectivity index (χ0) is 11.1. The molecule has 0 atom stereocenters. The molecule has 0 aliphatic heterocycles. The number of benzene rings is 1. The Bertz CT molecular complexity index is 311. The van der Waals surface area contributed by atoms with Crippen LogP contribution in [0.4, 0.5) is 16.2 Å². The first-order chi connectivity index (χ1) is 7.22. The zero-order valence-electron chi connectivity index (χ0n) is 8.53. The van der Waals surface area contributed by atoms with E-state index in [0.717, 1.165) is 0 Å². The van der Waals surface area contributed by atoms with Crippen LogP contribution < -0.4 is 11.1 Å². The summed E-state index contributed by atoms with van der Waals surface area (Å²) in [4.78, 5) is 11.2. The molecule has 0 fully saturated rings. The quantitative estimate of drug-likeness (QED) is 0.583. The number of amides is 1. The first-order valence-electron chi connectivity index (χ1n) is 4.50. The van der Waals surface area contributed by atoms with Crippen molar-refractivity contribution < 1.29 is 14.3 Å². The molecule has 0 spiro atoms. The predicted octanol–water partition coefficient (Wildman–Crippen LogP) is 1.46. The third kappa shape index (κ3) is 4.33. The van der Waals surface area contributed by atoms with Crippen LogP contribution in [0, 0.1) is 0 Å². The standard InChI is InChI=1S/C10H14N2O3/c1-14-6-7-15-10(13)12-9-4-2-8(11)3-5-9/h2-5H,6-7,11H2,1H3,(H,12,13). The van der Waals surface area contributed by atoms with Crippen molar-refractivity contribution in [2.24, 2.45) is 0 Å². The summed E-state index contributed by atoms with van der Waals surface area (Å²) in [7, 11) is 1.54. The van der Waals surface area contributed by atoms with Crippen LogP contribution in [-0.2, 0) is 9.47 Å². The third-order valence-corrected chi connectivity index (χ3v) is 1.68. The van der Waals surface area contributed by atoms with Crippen molar-refractivity contribution in [1.29, 1.82) is 0 Å². The number of nitrogens with one attached hydrogen (secondary N) is 1. The van der Waals surface area contributed by atoms with E-state index in [0.29, 0.717) is 18.0 Å². The van der Waals surface area contributed by atoms with E-state index in [1.807, 2.05) is 0 Å². The van der Waals surface area contributed by atoms with Crippen molar-refractivity contribution in [2.45, 2.75) is 0 Å². The lowest BCUT2D eigenvalue weighted by Crippen LogP contribution is -2.16. The Hall–Kier alpha value is -1.75. The number of anilines is 2. The second kappa shape index (κ2) is 5.87. The first kappa shape index (κ1) is 11.3. The average molecular weight is 210 g/mol. The highest BCUT2D eigenvalue weighted by Crippen LogP contribution is 2.10. The van der Waals surface area contributed by atoms with Crippen molar-refractivity contribution in [2.75, 3.05) is 31.4 Å². The minimum atomic E-state index is -0.503. The van der Waals surface area contributed by atoms with Crippen LogP contribution in [0.3, 0.4) is 0 Å². The number of carbonyl (C=O) groups excluding carboxylic acids is 1. The van der Waals surface area contributed by atoms with Crippen LogP contribution >= 0.6 is 0 Å². The minimum absolute atomic E-state index is 0.233. The zero-order valence-corrected chi connectivity index (χ0v) is 8.53. The van der Waals surface area contributed by atoms with E-state index in [9.17, 15) is 4.79 Å². The summed E-state index contributed by atoms with van der Waals surface area (Å²) < 4.78 is 9.55. The smallest absolute Gasteiger partial charge is 0.411 e. The van der Waals surface area contributed by atoms with Crippen LogP contribution in [0.2, 0.25) is 0 Å². The molecule has 1 aromatic rings. The lowest BCUT2D eigenvalue weighted by molar-refractivity contribution is 0.107. The van der Waals surface area contributed by atoms with Gasteiger partial charge >= 0.3 is 6.09 Å².